The molecule has 180 valence electrons. The van der Waals surface area contributed by atoms with Crippen molar-refractivity contribution < 1.29 is 13.2 Å². The summed E-state index contributed by atoms with van der Waals surface area (Å²) < 4.78 is 28.4. The molecular formula is C27H27N3O4S. The van der Waals surface area contributed by atoms with E-state index in [9.17, 15) is 18.0 Å². The van der Waals surface area contributed by atoms with E-state index in [1.54, 1.807) is 12.1 Å². The number of benzene rings is 3. The first-order valence-corrected chi connectivity index (χ1v) is 12.9. The van der Waals surface area contributed by atoms with E-state index in [-0.39, 0.29) is 15.8 Å². The van der Waals surface area contributed by atoms with E-state index in [2.05, 4.69) is 15.0 Å². The van der Waals surface area contributed by atoms with E-state index in [1.165, 1.54) is 24.4 Å². The number of nitrogens with one attached hydrogen (secondary N) is 3. The van der Waals surface area contributed by atoms with Gasteiger partial charge in [0.25, 0.3) is 15.9 Å². The standard InChI is InChI=1S/C27H27N3O4S/c1-3-19-8-10-21(11-9-19)30-35(33,34)22-12-13-25-23(16-22)26(31)24(17-29-25)27(32)28-15-14-20-6-4-18(2)5-7-20/h4-13,16-17,30H,3,14-15H2,1-2H3,(H,28,32)(H,29,31). The molecule has 8 heteroatoms. The normalized spacial score (nSPS) is 11.4. The molecule has 0 bridgehead atoms. The van der Waals surface area contributed by atoms with Crippen molar-refractivity contribution in [1.82, 2.24) is 10.3 Å². The molecule has 0 aliphatic rings. The molecule has 0 unspecified atom stereocenters. The molecule has 1 amide bonds. The number of anilines is 1. The number of hydrogen-bond donors (Lipinski definition) is 3. The second-order valence-corrected chi connectivity index (χ2v) is 10.1. The minimum atomic E-state index is -3.93. The van der Waals surface area contributed by atoms with Gasteiger partial charge in [-0.25, -0.2) is 8.42 Å². The third-order valence-electron chi connectivity index (χ3n) is 5.84. The van der Waals surface area contributed by atoms with Gasteiger partial charge < -0.3 is 10.3 Å². The van der Waals surface area contributed by atoms with Crippen molar-refractivity contribution in [2.24, 2.45) is 0 Å². The van der Waals surface area contributed by atoms with Crippen molar-refractivity contribution in [3.63, 3.8) is 0 Å². The SMILES string of the molecule is CCc1ccc(NS(=O)(=O)c2ccc3[nH]cc(C(=O)NCCc4ccc(C)cc4)c(=O)c3c2)cc1. The van der Waals surface area contributed by atoms with Crippen molar-refractivity contribution in [3.05, 3.63) is 105 Å². The number of rotatable bonds is 8. The quantitative estimate of drug-likeness (QED) is 0.345. The van der Waals surface area contributed by atoms with Gasteiger partial charge in [-0.05, 0) is 61.2 Å². The Morgan fingerprint density at radius 1 is 0.943 bits per heavy atom. The number of carbonyl (C=O) groups excluding carboxylic acids is 1. The molecule has 0 saturated carbocycles. The van der Waals surface area contributed by atoms with Crippen LogP contribution in [0, 0.1) is 6.92 Å². The zero-order valence-corrected chi connectivity index (χ0v) is 20.4. The topological polar surface area (TPSA) is 108 Å². The zero-order chi connectivity index (χ0) is 25.0. The fourth-order valence-electron chi connectivity index (χ4n) is 3.73. The number of pyridine rings is 1. The number of amides is 1. The van der Waals surface area contributed by atoms with Gasteiger partial charge >= 0.3 is 0 Å². The summed E-state index contributed by atoms with van der Waals surface area (Å²) in [7, 11) is -3.93. The molecular weight excluding hydrogens is 462 g/mol. The van der Waals surface area contributed by atoms with E-state index >= 15 is 0 Å². The lowest BCUT2D eigenvalue weighted by Gasteiger charge is -2.10. The molecule has 0 aliphatic heterocycles. The smallest absolute Gasteiger partial charge is 0.261 e. The summed E-state index contributed by atoms with van der Waals surface area (Å²) in [5, 5.41) is 2.89. The summed E-state index contributed by atoms with van der Waals surface area (Å²) in [6, 6.07) is 19.3. The van der Waals surface area contributed by atoms with E-state index in [1.807, 2.05) is 50.2 Å². The fourth-order valence-corrected chi connectivity index (χ4v) is 4.81. The maximum absolute atomic E-state index is 13.1. The number of aryl methyl sites for hydroxylation is 2. The van der Waals surface area contributed by atoms with Gasteiger partial charge in [-0.2, -0.15) is 0 Å². The molecule has 3 aromatic carbocycles. The minimum absolute atomic E-state index is 0.0630. The highest BCUT2D eigenvalue weighted by atomic mass is 32.2. The molecule has 1 aromatic heterocycles. The zero-order valence-electron chi connectivity index (χ0n) is 19.6. The Bertz CT molecular complexity index is 1520. The number of hydrogen-bond acceptors (Lipinski definition) is 4. The molecule has 1 heterocycles. The fraction of sp³-hybridized carbons (Fsp3) is 0.185. The average molecular weight is 490 g/mol. The van der Waals surface area contributed by atoms with Gasteiger partial charge in [0.15, 0.2) is 0 Å². The average Bonchev–Trinajstić information content (AvgIpc) is 2.85. The van der Waals surface area contributed by atoms with Crippen molar-refractivity contribution in [1.29, 1.82) is 0 Å². The third kappa shape index (κ3) is 5.60. The molecule has 0 radical (unpaired) electrons. The van der Waals surface area contributed by atoms with Gasteiger partial charge in [0.05, 0.1) is 4.90 Å². The number of aromatic amines is 1. The first-order valence-electron chi connectivity index (χ1n) is 11.4. The lowest BCUT2D eigenvalue weighted by atomic mass is 10.1. The summed E-state index contributed by atoms with van der Waals surface area (Å²) in [5.74, 6) is -0.511. The summed E-state index contributed by atoms with van der Waals surface area (Å²) >= 11 is 0. The maximum Gasteiger partial charge on any atom is 0.261 e. The highest BCUT2D eigenvalue weighted by molar-refractivity contribution is 7.92. The van der Waals surface area contributed by atoms with Gasteiger partial charge in [0, 0.05) is 29.3 Å². The summed E-state index contributed by atoms with van der Waals surface area (Å²) in [4.78, 5) is 28.6. The van der Waals surface area contributed by atoms with E-state index in [4.69, 9.17) is 0 Å². The highest BCUT2D eigenvalue weighted by Crippen LogP contribution is 2.20. The van der Waals surface area contributed by atoms with Crippen molar-refractivity contribution in [2.45, 2.75) is 31.6 Å². The Morgan fingerprint density at radius 3 is 2.31 bits per heavy atom. The Kier molecular flexibility index (Phi) is 7.02. The number of fused-ring (bicyclic) bond motifs is 1. The van der Waals surface area contributed by atoms with Gasteiger partial charge in [0.1, 0.15) is 5.56 Å². The predicted molar refractivity (Wildman–Crippen MR) is 138 cm³/mol. The van der Waals surface area contributed by atoms with Crippen LogP contribution in [-0.2, 0) is 22.9 Å². The third-order valence-corrected chi connectivity index (χ3v) is 7.22. The summed E-state index contributed by atoms with van der Waals surface area (Å²) in [6.07, 6.45) is 2.83. The molecule has 0 aliphatic carbocycles. The van der Waals surface area contributed by atoms with Crippen LogP contribution in [0.25, 0.3) is 10.9 Å². The monoisotopic (exact) mass is 489 g/mol. The van der Waals surface area contributed by atoms with Gasteiger partial charge in [-0.1, -0.05) is 48.9 Å². The lowest BCUT2D eigenvalue weighted by molar-refractivity contribution is 0.0953. The van der Waals surface area contributed by atoms with Crippen LogP contribution in [0.1, 0.15) is 34.0 Å². The number of sulfonamides is 1. The predicted octanol–water partition coefficient (Wildman–Crippen LogP) is 4.17. The number of H-pyrrole nitrogens is 1. The van der Waals surface area contributed by atoms with Crippen LogP contribution in [0.2, 0.25) is 0 Å². The summed E-state index contributed by atoms with van der Waals surface area (Å²) in [6.45, 7) is 4.40. The first-order chi connectivity index (χ1) is 16.8. The first kappa shape index (κ1) is 24.2. The van der Waals surface area contributed by atoms with Crippen LogP contribution in [0.3, 0.4) is 0 Å². The Labute approximate surface area is 204 Å². The van der Waals surface area contributed by atoms with Crippen LogP contribution in [0.5, 0.6) is 0 Å². The number of carbonyl (C=O) groups is 1. The number of aromatic nitrogens is 1. The van der Waals surface area contributed by atoms with E-state index < -0.39 is 21.4 Å². The maximum atomic E-state index is 13.1. The van der Waals surface area contributed by atoms with Crippen LogP contribution in [-0.4, -0.2) is 25.9 Å². The molecule has 35 heavy (non-hydrogen) atoms. The second-order valence-electron chi connectivity index (χ2n) is 8.39. The highest BCUT2D eigenvalue weighted by Gasteiger charge is 2.18. The largest absolute Gasteiger partial charge is 0.360 e. The van der Waals surface area contributed by atoms with Gasteiger partial charge in [-0.15, -0.1) is 0 Å². The molecule has 7 nitrogen and oxygen atoms in total. The van der Waals surface area contributed by atoms with E-state index in [0.29, 0.717) is 24.2 Å². The molecule has 0 saturated heterocycles. The molecule has 4 rings (SSSR count). The molecule has 0 fully saturated rings. The molecule has 0 atom stereocenters. The van der Waals surface area contributed by atoms with Crippen molar-refractivity contribution in [2.75, 3.05) is 11.3 Å². The van der Waals surface area contributed by atoms with Crippen molar-refractivity contribution in [3.8, 4) is 0 Å². The Morgan fingerprint density at radius 2 is 1.63 bits per heavy atom. The molecule has 4 aromatic rings. The Balaban J connectivity index is 1.54. The van der Waals surface area contributed by atoms with Crippen LogP contribution in [0.4, 0.5) is 5.69 Å². The van der Waals surface area contributed by atoms with Crippen molar-refractivity contribution >= 4 is 32.5 Å². The Hall–Kier alpha value is -3.91. The van der Waals surface area contributed by atoms with Crippen LogP contribution < -0.4 is 15.5 Å². The molecule has 0 spiro atoms. The lowest BCUT2D eigenvalue weighted by Crippen LogP contribution is -2.30. The van der Waals surface area contributed by atoms with Gasteiger partial charge in [0.2, 0.25) is 5.43 Å². The summed E-state index contributed by atoms with van der Waals surface area (Å²) in [5.41, 5.74) is 3.60. The van der Waals surface area contributed by atoms with Crippen LogP contribution in [0.15, 0.2) is 82.6 Å². The van der Waals surface area contributed by atoms with E-state index in [0.717, 1.165) is 23.1 Å². The van der Waals surface area contributed by atoms with Crippen LogP contribution >= 0.6 is 0 Å². The molecule has 3 N–H and O–H groups in total. The minimum Gasteiger partial charge on any atom is -0.360 e. The second kappa shape index (κ2) is 10.1. The van der Waals surface area contributed by atoms with Gasteiger partial charge in [-0.3, -0.25) is 14.3 Å².